The molecule has 1 saturated heterocycles. The van der Waals surface area contributed by atoms with E-state index in [0.29, 0.717) is 0 Å². The van der Waals surface area contributed by atoms with Crippen molar-refractivity contribution in [3.63, 3.8) is 0 Å². The minimum atomic E-state index is -0.0883. The molecule has 0 aromatic heterocycles. The van der Waals surface area contributed by atoms with E-state index in [-0.39, 0.29) is 12.1 Å². The Morgan fingerprint density at radius 2 is 1.56 bits per heavy atom. The predicted octanol–water partition coefficient (Wildman–Crippen LogP) is 0.154. The van der Waals surface area contributed by atoms with Gasteiger partial charge < -0.3 is 0 Å². The molecule has 3 nitrogen and oxygen atoms in total. The van der Waals surface area contributed by atoms with Crippen LogP contribution in [0.1, 0.15) is 12.8 Å². The Morgan fingerprint density at radius 1 is 1.11 bits per heavy atom. The van der Waals surface area contributed by atoms with Gasteiger partial charge in [0.25, 0.3) is 0 Å². The van der Waals surface area contributed by atoms with Crippen LogP contribution in [0.5, 0.6) is 0 Å². The average molecular weight is 121 g/mol. The van der Waals surface area contributed by atoms with Crippen molar-refractivity contribution >= 4 is 0 Å². The van der Waals surface area contributed by atoms with Gasteiger partial charge in [-0.3, -0.25) is 5.32 Å². The van der Waals surface area contributed by atoms with Crippen LogP contribution in [0, 0.1) is 22.7 Å². The molecule has 0 amide bonds. The predicted molar refractivity (Wildman–Crippen MR) is 31.2 cm³/mol. The second-order valence-corrected chi connectivity index (χ2v) is 2.11. The highest BCUT2D eigenvalue weighted by Gasteiger charge is 2.21. The number of nitrogens with one attached hydrogen (secondary N) is 1. The molecule has 2 unspecified atom stereocenters. The molecule has 9 heavy (non-hydrogen) atoms. The molecule has 3 heteroatoms. The van der Waals surface area contributed by atoms with E-state index >= 15 is 0 Å². The highest BCUT2D eigenvalue weighted by atomic mass is 15.0. The van der Waals surface area contributed by atoms with Crippen molar-refractivity contribution < 1.29 is 0 Å². The summed E-state index contributed by atoms with van der Waals surface area (Å²) >= 11 is 0. The molecule has 0 aromatic carbocycles. The minimum absolute atomic E-state index is 0.0883. The highest BCUT2D eigenvalue weighted by Crippen LogP contribution is 2.09. The number of hydrogen-bond acceptors (Lipinski definition) is 3. The maximum Gasteiger partial charge on any atom is 0.0963 e. The van der Waals surface area contributed by atoms with Gasteiger partial charge in [-0.15, -0.1) is 0 Å². The smallest absolute Gasteiger partial charge is 0.0963 e. The van der Waals surface area contributed by atoms with Gasteiger partial charge in [0.15, 0.2) is 0 Å². The summed E-state index contributed by atoms with van der Waals surface area (Å²) in [6.07, 6.45) is 1.63. The normalized spacial score (nSPS) is 33.1. The monoisotopic (exact) mass is 121 g/mol. The topological polar surface area (TPSA) is 59.6 Å². The molecular weight excluding hydrogens is 114 g/mol. The van der Waals surface area contributed by atoms with Crippen molar-refractivity contribution in [3.05, 3.63) is 0 Å². The van der Waals surface area contributed by atoms with E-state index in [4.69, 9.17) is 10.5 Å². The third-order valence-corrected chi connectivity index (χ3v) is 1.46. The summed E-state index contributed by atoms with van der Waals surface area (Å²) in [6, 6.07) is 3.96. The fraction of sp³-hybridized carbons (Fsp3) is 0.667. The molecule has 1 N–H and O–H groups in total. The molecule has 0 aromatic rings. The average Bonchev–Trinajstić information content (AvgIpc) is 2.34. The van der Waals surface area contributed by atoms with Crippen molar-refractivity contribution in [1.29, 1.82) is 10.5 Å². The van der Waals surface area contributed by atoms with Crippen LogP contribution in [0.15, 0.2) is 0 Å². The van der Waals surface area contributed by atoms with E-state index in [1.807, 2.05) is 0 Å². The molecule has 0 radical (unpaired) electrons. The molecule has 2 atom stereocenters. The Labute approximate surface area is 53.9 Å². The van der Waals surface area contributed by atoms with E-state index in [9.17, 15) is 0 Å². The zero-order chi connectivity index (χ0) is 6.69. The van der Waals surface area contributed by atoms with Crippen LogP contribution in [-0.4, -0.2) is 12.1 Å². The lowest BCUT2D eigenvalue weighted by molar-refractivity contribution is 0.686. The van der Waals surface area contributed by atoms with E-state index < -0.39 is 0 Å². The van der Waals surface area contributed by atoms with Gasteiger partial charge in [0, 0.05) is 0 Å². The quantitative estimate of drug-likeness (QED) is 0.496. The van der Waals surface area contributed by atoms with Gasteiger partial charge in [0.2, 0.25) is 0 Å². The molecule has 1 aliphatic rings. The lowest BCUT2D eigenvalue weighted by Crippen LogP contribution is -2.26. The lowest BCUT2D eigenvalue weighted by atomic mass is 10.2. The third kappa shape index (κ3) is 1.19. The first-order valence-electron chi connectivity index (χ1n) is 2.92. The maximum absolute atomic E-state index is 8.36. The van der Waals surface area contributed by atoms with Crippen LogP contribution in [-0.2, 0) is 0 Å². The molecule has 1 heterocycles. The molecule has 0 aliphatic carbocycles. The molecular formula is C6H7N3. The largest absolute Gasteiger partial charge is 0.287 e. The molecule has 1 fully saturated rings. The van der Waals surface area contributed by atoms with Crippen LogP contribution in [0.2, 0.25) is 0 Å². The second kappa shape index (κ2) is 2.48. The number of nitriles is 2. The van der Waals surface area contributed by atoms with Crippen molar-refractivity contribution in [2.75, 3.05) is 0 Å². The summed E-state index contributed by atoms with van der Waals surface area (Å²) in [5, 5.41) is 19.6. The first-order chi connectivity index (χ1) is 4.36. The Hall–Kier alpha value is -1.06. The summed E-state index contributed by atoms with van der Waals surface area (Å²) in [4.78, 5) is 0. The van der Waals surface area contributed by atoms with Gasteiger partial charge >= 0.3 is 0 Å². The Kier molecular flexibility index (Phi) is 1.67. The van der Waals surface area contributed by atoms with E-state index in [1.165, 1.54) is 0 Å². The third-order valence-electron chi connectivity index (χ3n) is 1.46. The van der Waals surface area contributed by atoms with Crippen molar-refractivity contribution in [2.45, 2.75) is 24.9 Å². The maximum atomic E-state index is 8.36. The van der Waals surface area contributed by atoms with Gasteiger partial charge in [-0.05, 0) is 12.8 Å². The molecule has 1 aliphatic heterocycles. The van der Waals surface area contributed by atoms with E-state index in [1.54, 1.807) is 0 Å². The second-order valence-electron chi connectivity index (χ2n) is 2.11. The standard InChI is InChI=1S/C6H7N3/c7-3-5-1-2-6(4-8)9-5/h5-6,9H,1-2H2. The van der Waals surface area contributed by atoms with Crippen molar-refractivity contribution in [1.82, 2.24) is 5.32 Å². The SMILES string of the molecule is N#CC1CCC(C#N)N1. The Morgan fingerprint density at radius 3 is 1.78 bits per heavy atom. The summed E-state index contributed by atoms with van der Waals surface area (Å²) in [7, 11) is 0. The molecule has 1 rings (SSSR count). The van der Waals surface area contributed by atoms with Crippen LogP contribution in [0.4, 0.5) is 0 Å². The van der Waals surface area contributed by atoms with Crippen LogP contribution in [0.3, 0.4) is 0 Å². The van der Waals surface area contributed by atoms with Gasteiger partial charge in [-0.25, -0.2) is 0 Å². The van der Waals surface area contributed by atoms with E-state index in [0.717, 1.165) is 12.8 Å². The minimum Gasteiger partial charge on any atom is -0.287 e. The summed E-state index contributed by atoms with van der Waals surface area (Å²) < 4.78 is 0. The fourth-order valence-electron chi connectivity index (χ4n) is 0.946. The fourth-order valence-corrected chi connectivity index (χ4v) is 0.946. The van der Waals surface area contributed by atoms with Crippen molar-refractivity contribution in [3.8, 4) is 12.1 Å². The molecule has 0 saturated carbocycles. The zero-order valence-electron chi connectivity index (χ0n) is 4.96. The van der Waals surface area contributed by atoms with Crippen molar-refractivity contribution in [2.24, 2.45) is 0 Å². The summed E-state index contributed by atoms with van der Waals surface area (Å²) in [5.74, 6) is 0. The van der Waals surface area contributed by atoms with E-state index in [2.05, 4.69) is 17.5 Å². The molecule has 0 spiro atoms. The zero-order valence-corrected chi connectivity index (χ0v) is 4.96. The van der Waals surface area contributed by atoms with Crippen LogP contribution in [0.25, 0.3) is 0 Å². The lowest BCUT2D eigenvalue weighted by Gasteiger charge is -1.97. The number of rotatable bonds is 0. The van der Waals surface area contributed by atoms with Gasteiger partial charge in [-0.2, -0.15) is 10.5 Å². The summed E-state index contributed by atoms with van der Waals surface area (Å²) in [5.41, 5.74) is 0. The first-order valence-corrected chi connectivity index (χ1v) is 2.92. The number of hydrogen-bond donors (Lipinski definition) is 1. The molecule has 0 bridgehead atoms. The van der Waals surface area contributed by atoms with Crippen LogP contribution < -0.4 is 5.32 Å². The Balaban J connectivity index is 2.42. The van der Waals surface area contributed by atoms with Gasteiger partial charge in [-0.1, -0.05) is 0 Å². The summed E-state index contributed by atoms with van der Waals surface area (Å²) in [6.45, 7) is 0. The number of nitrogens with zero attached hydrogens (tertiary/aromatic N) is 2. The highest BCUT2D eigenvalue weighted by molar-refractivity contribution is 5.04. The first kappa shape index (κ1) is 6.07. The van der Waals surface area contributed by atoms with Crippen LogP contribution >= 0.6 is 0 Å². The molecule has 46 valence electrons. The van der Waals surface area contributed by atoms with Gasteiger partial charge in [0.05, 0.1) is 24.2 Å². The van der Waals surface area contributed by atoms with Gasteiger partial charge in [0.1, 0.15) is 0 Å². The Bertz CT molecular complexity index is 154.